The standard InChI is InChI=1S/C16H26N4/c17-10-13-6-5-9-20(12-13)16-18-11-14-7-3-1-2-4-8-15(14)19-16/h11,13H,1-10,12,17H2. The van der Waals surface area contributed by atoms with Gasteiger partial charge in [0, 0.05) is 25.0 Å². The van der Waals surface area contributed by atoms with E-state index in [9.17, 15) is 0 Å². The van der Waals surface area contributed by atoms with Gasteiger partial charge in [-0.3, -0.25) is 0 Å². The van der Waals surface area contributed by atoms with Crippen molar-refractivity contribution in [1.29, 1.82) is 0 Å². The minimum absolute atomic E-state index is 0.606. The fourth-order valence-corrected chi connectivity index (χ4v) is 3.41. The van der Waals surface area contributed by atoms with Crippen LogP contribution in [0.15, 0.2) is 6.20 Å². The predicted molar refractivity (Wildman–Crippen MR) is 81.9 cm³/mol. The fraction of sp³-hybridized carbons (Fsp3) is 0.750. The van der Waals surface area contributed by atoms with E-state index in [0.717, 1.165) is 38.4 Å². The average Bonchev–Trinajstić information content (AvgIpc) is 2.48. The van der Waals surface area contributed by atoms with Gasteiger partial charge in [-0.15, -0.1) is 0 Å². The van der Waals surface area contributed by atoms with Gasteiger partial charge in [0.1, 0.15) is 0 Å². The summed E-state index contributed by atoms with van der Waals surface area (Å²) in [4.78, 5) is 11.8. The number of hydrogen-bond donors (Lipinski definition) is 1. The normalized spacial score (nSPS) is 23.9. The van der Waals surface area contributed by atoms with Gasteiger partial charge in [0.2, 0.25) is 5.95 Å². The van der Waals surface area contributed by atoms with Crippen molar-refractivity contribution in [2.75, 3.05) is 24.5 Å². The van der Waals surface area contributed by atoms with Crippen LogP contribution in [0, 0.1) is 5.92 Å². The van der Waals surface area contributed by atoms with Crippen molar-refractivity contribution >= 4 is 5.95 Å². The second kappa shape index (κ2) is 6.53. The molecule has 1 atom stereocenters. The maximum Gasteiger partial charge on any atom is 0.225 e. The molecule has 1 aromatic rings. The lowest BCUT2D eigenvalue weighted by atomic mass is 9.98. The lowest BCUT2D eigenvalue weighted by Gasteiger charge is -2.32. The van der Waals surface area contributed by atoms with Crippen LogP contribution in [0.3, 0.4) is 0 Å². The molecular formula is C16H26N4. The van der Waals surface area contributed by atoms with Gasteiger partial charge in [0.25, 0.3) is 0 Å². The molecule has 0 aromatic carbocycles. The molecule has 0 radical (unpaired) electrons. The Morgan fingerprint density at radius 3 is 2.85 bits per heavy atom. The van der Waals surface area contributed by atoms with E-state index >= 15 is 0 Å². The third-order valence-electron chi connectivity index (χ3n) is 4.69. The number of aromatic nitrogens is 2. The highest BCUT2D eigenvalue weighted by Crippen LogP contribution is 2.23. The molecule has 3 rings (SSSR count). The Morgan fingerprint density at radius 2 is 2.00 bits per heavy atom. The minimum atomic E-state index is 0.606. The molecule has 4 nitrogen and oxygen atoms in total. The molecule has 2 aliphatic rings. The number of hydrogen-bond acceptors (Lipinski definition) is 4. The van der Waals surface area contributed by atoms with Crippen LogP contribution < -0.4 is 10.6 Å². The zero-order valence-electron chi connectivity index (χ0n) is 12.4. The zero-order valence-corrected chi connectivity index (χ0v) is 12.4. The topological polar surface area (TPSA) is 55.0 Å². The molecule has 1 saturated heterocycles. The maximum atomic E-state index is 5.82. The van der Waals surface area contributed by atoms with E-state index in [1.54, 1.807) is 0 Å². The van der Waals surface area contributed by atoms with Gasteiger partial charge >= 0.3 is 0 Å². The first-order valence-electron chi connectivity index (χ1n) is 8.16. The molecule has 0 spiro atoms. The SMILES string of the molecule is NCC1CCCN(c2ncc3c(n2)CCCCCC3)C1. The molecule has 20 heavy (non-hydrogen) atoms. The van der Waals surface area contributed by atoms with Crippen molar-refractivity contribution in [3.05, 3.63) is 17.5 Å². The van der Waals surface area contributed by atoms with E-state index < -0.39 is 0 Å². The van der Waals surface area contributed by atoms with E-state index in [2.05, 4.69) is 16.1 Å². The number of rotatable bonds is 2. The van der Waals surface area contributed by atoms with E-state index in [0.29, 0.717) is 5.92 Å². The molecule has 1 fully saturated rings. The van der Waals surface area contributed by atoms with E-state index in [1.807, 2.05) is 0 Å². The molecule has 2 N–H and O–H groups in total. The molecule has 0 saturated carbocycles. The summed E-state index contributed by atoms with van der Waals surface area (Å²) in [5.41, 5.74) is 8.50. The number of nitrogens with two attached hydrogens (primary N) is 1. The van der Waals surface area contributed by atoms with Gasteiger partial charge in [-0.05, 0) is 56.6 Å². The molecule has 4 heteroatoms. The Hall–Kier alpha value is -1.16. The van der Waals surface area contributed by atoms with Crippen LogP contribution in [-0.2, 0) is 12.8 Å². The van der Waals surface area contributed by atoms with Crippen molar-refractivity contribution in [3.63, 3.8) is 0 Å². The number of piperidine rings is 1. The average molecular weight is 274 g/mol. The van der Waals surface area contributed by atoms with Gasteiger partial charge in [-0.2, -0.15) is 0 Å². The zero-order chi connectivity index (χ0) is 13.8. The number of fused-ring (bicyclic) bond motifs is 1. The number of anilines is 1. The summed E-state index contributed by atoms with van der Waals surface area (Å²) in [6.07, 6.45) is 12.1. The Kier molecular flexibility index (Phi) is 4.51. The van der Waals surface area contributed by atoms with Crippen molar-refractivity contribution in [2.45, 2.75) is 51.4 Å². The van der Waals surface area contributed by atoms with Crippen molar-refractivity contribution < 1.29 is 0 Å². The first kappa shape index (κ1) is 13.8. The van der Waals surface area contributed by atoms with Crippen LogP contribution in [0.25, 0.3) is 0 Å². The quantitative estimate of drug-likeness (QED) is 0.899. The third kappa shape index (κ3) is 3.11. The number of nitrogens with zero attached hydrogens (tertiary/aromatic N) is 3. The summed E-state index contributed by atoms with van der Waals surface area (Å²) in [5.74, 6) is 1.54. The summed E-state index contributed by atoms with van der Waals surface area (Å²) in [5, 5.41) is 0. The summed E-state index contributed by atoms with van der Waals surface area (Å²) in [6.45, 7) is 2.88. The molecule has 2 heterocycles. The Balaban J connectivity index is 1.78. The van der Waals surface area contributed by atoms with Gasteiger partial charge < -0.3 is 10.6 Å². The molecule has 0 bridgehead atoms. The van der Waals surface area contributed by atoms with E-state index in [4.69, 9.17) is 10.7 Å². The second-order valence-electron chi connectivity index (χ2n) is 6.25. The van der Waals surface area contributed by atoms with Crippen LogP contribution >= 0.6 is 0 Å². The molecule has 0 amide bonds. The minimum Gasteiger partial charge on any atom is -0.340 e. The smallest absolute Gasteiger partial charge is 0.225 e. The largest absolute Gasteiger partial charge is 0.340 e. The first-order valence-corrected chi connectivity index (χ1v) is 8.16. The monoisotopic (exact) mass is 274 g/mol. The van der Waals surface area contributed by atoms with E-state index in [1.165, 1.54) is 49.8 Å². The summed E-state index contributed by atoms with van der Waals surface area (Å²) >= 11 is 0. The van der Waals surface area contributed by atoms with Gasteiger partial charge in [-0.25, -0.2) is 9.97 Å². The molecule has 110 valence electrons. The van der Waals surface area contributed by atoms with Crippen molar-refractivity contribution in [3.8, 4) is 0 Å². The molecular weight excluding hydrogens is 248 g/mol. The highest BCUT2D eigenvalue weighted by molar-refractivity contribution is 5.34. The highest BCUT2D eigenvalue weighted by Gasteiger charge is 2.21. The molecule has 1 aliphatic carbocycles. The summed E-state index contributed by atoms with van der Waals surface area (Å²) in [7, 11) is 0. The molecule has 1 aromatic heterocycles. The first-order chi connectivity index (χ1) is 9.86. The van der Waals surface area contributed by atoms with Crippen LogP contribution in [0.2, 0.25) is 0 Å². The second-order valence-corrected chi connectivity index (χ2v) is 6.25. The Morgan fingerprint density at radius 1 is 1.15 bits per heavy atom. The van der Waals surface area contributed by atoms with E-state index in [-0.39, 0.29) is 0 Å². The lowest BCUT2D eigenvalue weighted by molar-refractivity contribution is 0.419. The van der Waals surface area contributed by atoms with Crippen LogP contribution in [-0.4, -0.2) is 29.6 Å². The fourth-order valence-electron chi connectivity index (χ4n) is 3.41. The van der Waals surface area contributed by atoms with Gasteiger partial charge in [-0.1, -0.05) is 12.8 Å². The van der Waals surface area contributed by atoms with Crippen LogP contribution in [0.1, 0.15) is 49.8 Å². The van der Waals surface area contributed by atoms with Gasteiger partial charge in [0.05, 0.1) is 0 Å². The molecule has 1 unspecified atom stereocenters. The summed E-state index contributed by atoms with van der Waals surface area (Å²) < 4.78 is 0. The predicted octanol–water partition coefficient (Wildman–Crippen LogP) is 2.31. The van der Waals surface area contributed by atoms with Crippen LogP contribution in [0.5, 0.6) is 0 Å². The Bertz CT molecular complexity index is 446. The van der Waals surface area contributed by atoms with Crippen molar-refractivity contribution in [1.82, 2.24) is 9.97 Å². The van der Waals surface area contributed by atoms with Gasteiger partial charge in [0.15, 0.2) is 0 Å². The maximum absolute atomic E-state index is 5.82. The summed E-state index contributed by atoms with van der Waals surface area (Å²) in [6, 6.07) is 0. The number of aryl methyl sites for hydroxylation is 2. The third-order valence-corrected chi connectivity index (χ3v) is 4.69. The highest BCUT2D eigenvalue weighted by atomic mass is 15.3. The molecule has 1 aliphatic heterocycles. The Labute approximate surface area is 121 Å². The van der Waals surface area contributed by atoms with Crippen molar-refractivity contribution in [2.24, 2.45) is 11.7 Å². The van der Waals surface area contributed by atoms with Crippen LogP contribution in [0.4, 0.5) is 5.95 Å². The lowest BCUT2D eigenvalue weighted by Crippen LogP contribution is -2.39.